The molecule has 0 saturated carbocycles. The van der Waals surface area contributed by atoms with E-state index < -0.39 is 25.2 Å². The van der Waals surface area contributed by atoms with Crippen LogP contribution in [0.5, 0.6) is 0 Å². The second kappa shape index (κ2) is 26.6. The number of rotatable bonds is 16. The molecular weight excluding hydrogens is 669 g/mol. The van der Waals surface area contributed by atoms with Crippen LogP contribution >= 0.6 is 0 Å². The molecular formula is C41H42N2O4Si3. The van der Waals surface area contributed by atoms with Crippen LogP contribution in [0.25, 0.3) is 0 Å². The van der Waals surface area contributed by atoms with Crippen molar-refractivity contribution in [1.82, 2.24) is 5.32 Å². The minimum absolute atomic E-state index is 0.298. The first kappa shape index (κ1) is 42.6. The molecule has 0 heterocycles. The Kier molecular flexibility index (Phi) is 22.7. The molecule has 0 fully saturated rings. The third-order valence-electron chi connectivity index (χ3n) is 6.10. The van der Waals surface area contributed by atoms with E-state index in [9.17, 15) is 0 Å². The van der Waals surface area contributed by atoms with Crippen LogP contribution < -0.4 is 10.5 Å². The van der Waals surface area contributed by atoms with Gasteiger partial charge >= 0.3 is 8.56 Å². The van der Waals surface area contributed by atoms with Crippen molar-refractivity contribution in [2.75, 3.05) is 26.9 Å². The van der Waals surface area contributed by atoms with Crippen molar-refractivity contribution in [3.63, 3.8) is 0 Å². The highest BCUT2D eigenvalue weighted by molar-refractivity contribution is 6.94. The summed E-state index contributed by atoms with van der Waals surface area (Å²) in [4.78, 5) is 4.27. The monoisotopic (exact) mass is 710 g/mol. The van der Waals surface area contributed by atoms with Gasteiger partial charge in [-0.2, -0.15) is 0 Å². The molecule has 1 atom stereocenters. The number of ether oxygens (including phenoxy) is 2. The summed E-state index contributed by atoms with van der Waals surface area (Å²) in [6.07, 6.45) is 5.96. The molecule has 0 aliphatic rings. The lowest BCUT2D eigenvalue weighted by atomic mass is 10.4. The van der Waals surface area contributed by atoms with Gasteiger partial charge in [-0.25, -0.2) is 0 Å². The number of hydrogen-bond donors (Lipinski definition) is 1. The minimum atomic E-state index is -2.65. The molecule has 1 unspecified atom stereocenters. The summed E-state index contributed by atoms with van der Waals surface area (Å²) in [5.74, 6) is 48.7. The van der Waals surface area contributed by atoms with E-state index in [0.29, 0.717) is 6.73 Å². The third-order valence-corrected chi connectivity index (χ3v) is 18.1. The van der Waals surface area contributed by atoms with Gasteiger partial charge in [0.2, 0.25) is 0 Å². The zero-order valence-electron chi connectivity index (χ0n) is 30.0. The average molecular weight is 711 g/mol. The highest BCUT2D eigenvalue weighted by atomic mass is 28.5. The fourth-order valence-corrected chi connectivity index (χ4v) is 17.8. The fourth-order valence-electron chi connectivity index (χ4n) is 4.18. The smallest absolute Gasteiger partial charge is 0.348 e. The maximum Gasteiger partial charge on any atom is 0.348 e. The maximum atomic E-state index is 7.05. The summed E-state index contributed by atoms with van der Waals surface area (Å²) in [5.41, 5.74) is 0. The van der Waals surface area contributed by atoms with Crippen molar-refractivity contribution in [3.05, 3.63) is 30.3 Å². The van der Waals surface area contributed by atoms with Crippen LogP contribution in [0.4, 0.5) is 0 Å². The summed E-state index contributed by atoms with van der Waals surface area (Å²) >= 11 is 0. The zero-order chi connectivity index (χ0) is 36.7. The standard InChI is InChI=1S/C41H42N2O4Si3/c1-8-9-10-11-12-13-14-15-16-17-18-19-20-21-22-23-24-25-29-36-45-40-43-35-31-38-49(5,6)47-50(7,41-32-27-26-28-33-41)46-48(3,4)37-30-34-42-39-44-2/h26-28,32-33,39,43H,30-31,34-35,37-38,40H2,1-7H3. The van der Waals surface area contributed by atoms with Crippen LogP contribution in [0.1, 0.15) is 19.8 Å². The molecule has 1 rings (SSSR count). The lowest BCUT2D eigenvalue weighted by Gasteiger charge is -2.41. The molecule has 0 saturated heterocycles. The Labute approximate surface area is 304 Å². The third kappa shape index (κ3) is 23.0. The maximum absolute atomic E-state index is 7.05. The van der Waals surface area contributed by atoms with Crippen LogP contribution in [0.15, 0.2) is 35.3 Å². The van der Waals surface area contributed by atoms with E-state index in [4.69, 9.17) is 17.7 Å². The van der Waals surface area contributed by atoms with Crippen LogP contribution in [-0.2, 0) is 17.7 Å². The number of methoxy groups -OCH3 is 1. The van der Waals surface area contributed by atoms with E-state index in [0.717, 1.165) is 38.0 Å². The van der Waals surface area contributed by atoms with Gasteiger partial charge in [0.25, 0.3) is 0 Å². The van der Waals surface area contributed by atoms with Crippen LogP contribution in [0.3, 0.4) is 0 Å². The first-order valence-corrected chi connectivity index (χ1v) is 24.4. The second-order valence-corrected chi connectivity index (χ2v) is 23.5. The molecule has 252 valence electrons. The molecule has 1 aromatic carbocycles. The minimum Gasteiger partial charge on any atom is -0.487 e. The molecule has 0 aromatic heterocycles. The molecule has 9 heteroatoms. The molecule has 0 aliphatic heterocycles. The molecule has 0 amide bonds. The van der Waals surface area contributed by atoms with Crippen molar-refractivity contribution >= 4 is 36.8 Å². The van der Waals surface area contributed by atoms with Crippen molar-refractivity contribution < 1.29 is 17.7 Å². The normalized spacial score (nSPS) is 10.4. The van der Waals surface area contributed by atoms with Gasteiger partial charge in [0.15, 0.2) is 29.8 Å². The van der Waals surface area contributed by atoms with E-state index >= 15 is 0 Å². The first-order valence-electron chi connectivity index (χ1n) is 15.9. The van der Waals surface area contributed by atoms with Gasteiger partial charge in [0.05, 0.1) is 7.11 Å². The molecule has 50 heavy (non-hydrogen) atoms. The Morgan fingerprint density at radius 1 is 0.640 bits per heavy atom. The fraction of sp³-hybridized carbons (Fsp3) is 0.341. The molecule has 1 aromatic rings. The van der Waals surface area contributed by atoms with Gasteiger partial charge in [-0.3, -0.25) is 10.3 Å². The van der Waals surface area contributed by atoms with Crippen molar-refractivity contribution in [2.45, 2.75) is 64.6 Å². The lowest BCUT2D eigenvalue weighted by molar-refractivity contribution is 0.247. The molecule has 0 spiro atoms. The highest BCUT2D eigenvalue weighted by Crippen LogP contribution is 2.26. The predicted molar refractivity (Wildman–Crippen MR) is 211 cm³/mol. The number of aliphatic imine (C=N–C) groups is 1. The molecule has 1 N–H and O–H groups in total. The predicted octanol–water partition coefficient (Wildman–Crippen LogP) is 4.44. The number of benzene rings is 1. The number of nitrogens with one attached hydrogen (secondary N) is 1. The summed E-state index contributed by atoms with van der Waals surface area (Å²) in [7, 11) is -5.09. The van der Waals surface area contributed by atoms with Crippen molar-refractivity contribution in [1.29, 1.82) is 0 Å². The summed E-state index contributed by atoms with van der Waals surface area (Å²) in [6, 6.07) is 12.4. The van der Waals surface area contributed by atoms with E-state index in [1.165, 1.54) is 11.6 Å². The summed E-state index contributed by atoms with van der Waals surface area (Å²) in [5, 5.41) is 4.43. The Morgan fingerprint density at radius 3 is 1.58 bits per heavy atom. The van der Waals surface area contributed by atoms with E-state index in [1.807, 2.05) is 6.07 Å². The molecule has 0 aliphatic carbocycles. The van der Waals surface area contributed by atoms with E-state index in [-0.39, 0.29) is 0 Å². The van der Waals surface area contributed by atoms with Crippen LogP contribution in [0, 0.1) is 119 Å². The Morgan fingerprint density at radius 2 is 1.10 bits per heavy atom. The SMILES string of the molecule is CC#CC#CC#CC#CC#CC#CC#CC#CC#CC#COCNCCC[Si](C)(C)O[Si](C)(O[Si](C)(C)CCCN=COC)c1ccccc1. The highest BCUT2D eigenvalue weighted by Gasteiger charge is 2.44. The van der Waals surface area contributed by atoms with Gasteiger partial charge in [-0.05, 0) is 124 Å². The van der Waals surface area contributed by atoms with Crippen molar-refractivity contribution in [3.8, 4) is 119 Å². The van der Waals surface area contributed by atoms with Gasteiger partial charge < -0.3 is 17.7 Å². The average Bonchev–Trinajstić information content (AvgIpc) is 3.08. The Hall–Kier alpha value is -5.38. The Bertz CT molecular complexity index is 1930. The number of nitrogens with zero attached hydrogens (tertiary/aromatic N) is 1. The zero-order valence-corrected chi connectivity index (χ0v) is 33.0. The molecule has 0 radical (unpaired) electrons. The van der Waals surface area contributed by atoms with Crippen LogP contribution in [0.2, 0.25) is 44.8 Å². The molecule has 0 bridgehead atoms. The van der Waals surface area contributed by atoms with Crippen molar-refractivity contribution in [2.24, 2.45) is 4.99 Å². The van der Waals surface area contributed by atoms with E-state index in [1.54, 1.807) is 14.0 Å². The Balaban J connectivity index is 2.48. The number of hydrogen-bond acceptors (Lipinski definition) is 6. The van der Waals surface area contributed by atoms with Gasteiger partial charge in [-0.1, -0.05) is 36.3 Å². The molecule has 6 nitrogen and oxygen atoms in total. The van der Waals surface area contributed by atoms with Gasteiger partial charge in [-0.15, -0.1) is 0 Å². The van der Waals surface area contributed by atoms with Crippen LogP contribution in [-0.4, -0.2) is 58.5 Å². The quantitative estimate of drug-likeness (QED) is 0.0688. The summed E-state index contributed by atoms with van der Waals surface area (Å²) in [6.45, 7) is 14.8. The van der Waals surface area contributed by atoms with Gasteiger partial charge in [0.1, 0.15) is 6.11 Å². The largest absolute Gasteiger partial charge is 0.487 e. The topological polar surface area (TPSA) is 61.3 Å². The van der Waals surface area contributed by atoms with E-state index in [2.05, 4.69) is 186 Å². The first-order chi connectivity index (χ1) is 24.1. The lowest BCUT2D eigenvalue weighted by Crippen LogP contribution is -2.61. The second-order valence-electron chi connectivity index (χ2n) is 11.4. The summed E-state index contributed by atoms with van der Waals surface area (Å²) < 4.78 is 24.3. The van der Waals surface area contributed by atoms with Gasteiger partial charge in [0, 0.05) is 65.7 Å².